The summed E-state index contributed by atoms with van der Waals surface area (Å²) in [4.78, 5) is 27.9. The van der Waals surface area contributed by atoms with Crippen molar-refractivity contribution in [1.29, 1.82) is 0 Å². The molecule has 1 aromatic carbocycles. The molecule has 150 valence electrons. The Kier molecular flexibility index (Phi) is 4.71. The number of H-pyrrole nitrogens is 1. The van der Waals surface area contributed by atoms with Crippen molar-refractivity contribution in [2.45, 2.75) is 6.54 Å². The summed E-state index contributed by atoms with van der Waals surface area (Å²) in [5.41, 5.74) is 3.67. The van der Waals surface area contributed by atoms with Crippen molar-refractivity contribution in [3.05, 3.63) is 54.6 Å². The van der Waals surface area contributed by atoms with Crippen LogP contribution in [0.2, 0.25) is 0 Å². The van der Waals surface area contributed by atoms with Gasteiger partial charge in [-0.1, -0.05) is 6.07 Å². The van der Waals surface area contributed by atoms with E-state index in [2.05, 4.69) is 35.1 Å². The lowest BCUT2D eigenvalue weighted by Gasteiger charge is -2.27. The van der Waals surface area contributed by atoms with Gasteiger partial charge in [0.1, 0.15) is 0 Å². The zero-order chi connectivity index (χ0) is 19.5. The highest BCUT2D eigenvalue weighted by atomic mass is 16.5. The first-order valence-electron chi connectivity index (χ1n) is 9.51. The van der Waals surface area contributed by atoms with E-state index < -0.39 is 0 Å². The molecule has 9 nitrogen and oxygen atoms in total. The Hall–Kier alpha value is -3.59. The summed E-state index contributed by atoms with van der Waals surface area (Å²) in [5, 5.41) is 3.28. The molecule has 1 saturated heterocycles. The van der Waals surface area contributed by atoms with Crippen LogP contribution in [0.15, 0.2) is 48.9 Å². The number of aromatic nitrogens is 6. The predicted octanol–water partition coefficient (Wildman–Crippen LogP) is 2.75. The van der Waals surface area contributed by atoms with E-state index in [0.29, 0.717) is 37.5 Å². The predicted molar refractivity (Wildman–Crippen MR) is 114 cm³/mol. The molecule has 0 atom stereocenters. The molecule has 0 aliphatic carbocycles. The Morgan fingerprint density at radius 3 is 2.86 bits per heavy atom. The maximum absolute atomic E-state index is 5.46. The average molecular weight is 392 g/mol. The molecule has 0 amide bonds. The fourth-order valence-electron chi connectivity index (χ4n) is 3.22. The van der Waals surface area contributed by atoms with Crippen LogP contribution in [-0.4, -0.2) is 56.2 Å². The number of imidazole rings is 1. The fourth-order valence-corrected chi connectivity index (χ4v) is 3.22. The number of aromatic amines is 1. The molecule has 3 aromatic heterocycles. The van der Waals surface area contributed by atoms with E-state index in [1.54, 1.807) is 12.5 Å². The number of hydrogen-bond donors (Lipinski definition) is 2. The van der Waals surface area contributed by atoms with Crippen LogP contribution in [0.5, 0.6) is 0 Å². The lowest BCUT2D eigenvalue weighted by molar-refractivity contribution is 0.122. The monoisotopic (exact) mass is 392 g/mol. The third kappa shape index (κ3) is 3.85. The molecule has 0 unspecified atom stereocenters. The van der Waals surface area contributed by atoms with Gasteiger partial charge in [0, 0.05) is 27.7 Å². The summed E-state index contributed by atoms with van der Waals surface area (Å²) in [6.45, 7) is 3.37. The Labute approximate surface area is 170 Å². The molecule has 0 saturated carbocycles. The molecule has 29 heavy (non-hydrogen) atoms. The van der Waals surface area contributed by atoms with E-state index in [1.165, 1.54) is 0 Å². The highest BCUT2D eigenvalue weighted by Crippen LogP contribution is 2.23. The van der Waals surface area contributed by atoms with E-state index in [0.717, 1.165) is 35.4 Å². The molecule has 0 spiro atoms. The van der Waals surface area contributed by atoms with E-state index in [1.807, 2.05) is 36.4 Å². The average Bonchev–Trinajstić information content (AvgIpc) is 3.27. The highest BCUT2D eigenvalue weighted by molar-refractivity contribution is 5.80. The van der Waals surface area contributed by atoms with Crippen molar-refractivity contribution in [3.63, 3.8) is 0 Å². The topological polar surface area (TPSA) is 105 Å². The molecular formula is C20H24N8O. The summed E-state index contributed by atoms with van der Waals surface area (Å²) < 4.78 is 5.46. The molecule has 2 N–H and O–H groups in total. The number of ether oxygens (including phenoxy) is 1. The molecule has 4 aromatic rings. The lowest BCUT2D eigenvalue weighted by Crippen LogP contribution is -2.37. The van der Waals surface area contributed by atoms with Crippen molar-refractivity contribution >= 4 is 22.9 Å². The largest absolute Gasteiger partial charge is 0.378 e. The standard InChI is InChI=1S/C20H20N8O.2H2/c1-2-6-21-15(3-1)12-22-19-25-18(14-4-5-16-17(11-14)24-13-23-16)26-20(27-19)28-7-9-29-10-8-28;;/h1-6,11,13H,7-10,12H2,(H,23,24)(H,22,25,26,27);2*1H. The van der Waals surface area contributed by atoms with Crippen molar-refractivity contribution in [2.24, 2.45) is 0 Å². The molecule has 5 rings (SSSR count). The highest BCUT2D eigenvalue weighted by Gasteiger charge is 2.17. The molecular weight excluding hydrogens is 368 g/mol. The van der Waals surface area contributed by atoms with Gasteiger partial charge in [0.25, 0.3) is 0 Å². The van der Waals surface area contributed by atoms with Crippen LogP contribution in [-0.2, 0) is 11.3 Å². The van der Waals surface area contributed by atoms with Gasteiger partial charge in [-0.15, -0.1) is 0 Å². The number of hydrogen-bond acceptors (Lipinski definition) is 8. The second kappa shape index (κ2) is 7.80. The minimum Gasteiger partial charge on any atom is -0.378 e. The summed E-state index contributed by atoms with van der Waals surface area (Å²) in [6, 6.07) is 11.8. The minimum absolute atomic E-state index is 0. The zero-order valence-electron chi connectivity index (χ0n) is 15.7. The summed E-state index contributed by atoms with van der Waals surface area (Å²) in [7, 11) is 0. The fraction of sp³-hybridized carbons (Fsp3) is 0.250. The molecule has 0 bridgehead atoms. The lowest BCUT2D eigenvalue weighted by atomic mass is 10.2. The van der Waals surface area contributed by atoms with Crippen LogP contribution in [0.25, 0.3) is 22.4 Å². The van der Waals surface area contributed by atoms with Crippen LogP contribution in [0.4, 0.5) is 11.9 Å². The van der Waals surface area contributed by atoms with Gasteiger partial charge in [0.05, 0.1) is 42.8 Å². The van der Waals surface area contributed by atoms with Crippen molar-refractivity contribution < 1.29 is 7.59 Å². The number of fused-ring (bicyclic) bond motifs is 1. The second-order valence-corrected chi connectivity index (χ2v) is 6.69. The first-order valence-corrected chi connectivity index (χ1v) is 9.51. The van der Waals surface area contributed by atoms with Gasteiger partial charge >= 0.3 is 0 Å². The minimum atomic E-state index is 0. The van der Waals surface area contributed by atoms with Gasteiger partial charge in [0.2, 0.25) is 11.9 Å². The number of nitrogens with zero attached hydrogens (tertiary/aromatic N) is 6. The van der Waals surface area contributed by atoms with E-state index in [-0.39, 0.29) is 2.85 Å². The quantitative estimate of drug-likeness (QED) is 0.534. The third-order valence-electron chi connectivity index (χ3n) is 4.75. The van der Waals surface area contributed by atoms with E-state index in [9.17, 15) is 0 Å². The molecule has 4 heterocycles. The number of morpholine rings is 1. The second-order valence-electron chi connectivity index (χ2n) is 6.69. The van der Waals surface area contributed by atoms with E-state index in [4.69, 9.17) is 9.72 Å². The van der Waals surface area contributed by atoms with Gasteiger partial charge in [0.15, 0.2) is 5.82 Å². The number of benzene rings is 1. The summed E-state index contributed by atoms with van der Waals surface area (Å²) in [6.07, 6.45) is 3.45. The number of nitrogens with one attached hydrogen (secondary N) is 2. The molecule has 9 heteroatoms. The number of anilines is 2. The van der Waals surface area contributed by atoms with Crippen molar-refractivity contribution in [1.82, 2.24) is 29.9 Å². The van der Waals surface area contributed by atoms with Gasteiger partial charge in [-0.2, -0.15) is 15.0 Å². The van der Waals surface area contributed by atoms with E-state index >= 15 is 0 Å². The number of rotatable bonds is 5. The Balaban J connectivity index is 0.00000136. The Morgan fingerprint density at radius 1 is 1.07 bits per heavy atom. The summed E-state index contributed by atoms with van der Waals surface area (Å²) >= 11 is 0. The summed E-state index contributed by atoms with van der Waals surface area (Å²) in [5.74, 6) is 1.78. The first-order chi connectivity index (χ1) is 14.3. The molecule has 0 radical (unpaired) electrons. The SMILES string of the molecule is [HH].[HH].c1ccc(CNc2nc(-c3ccc4nc[nH]c4c3)nc(N3CCOCC3)n2)nc1. The maximum atomic E-state index is 5.46. The Morgan fingerprint density at radius 2 is 2.00 bits per heavy atom. The van der Waals surface area contributed by atoms with Gasteiger partial charge in [-0.3, -0.25) is 4.98 Å². The van der Waals surface area contributed by atoms with Crippen LogP contribution in [0, 0.1) is 0 Å². The Bertz CT molecular complexity index is 1120. The van der Waals surface area contributed by atoms with Crippen molar-refractivity contribution in [2.75, 3.05) is 36.5 Å². The smallest absolute Gasteiger partial charge is 0.230 e. The normalized spacial score (nSPS) is 14.3. The van der Waals surface area contributed by atoms with Crippen LogP contribution in [0.3, 0.4) is 0 Å². The number of pyridine rings is 1. The van der Waals surface area contributed by atoms with Crippen LogP contribution < -0.4 is 10.2 Å². The zero-order valence-corrected chi connectivity index (χ0v) is 15.7. The van der Waals surface area contributed by atoms with Gasteiger partial charge < -0.3 is 19.9 Å². The molecule has 1 fully saturated rings. The van der Waals surface area contributed by atoms with Gasteiger partial charge in [-0.25, -0.2) is 4.98 Å². The first kappa shape index (κ1) is 17.5. The maximum Gasteiger partial charge on any atom is 0.230 e. The van der Waals surface area contributed by atoms with Gasteiger partial charge in [-0.05, 0) is 30.3 Å². The molecule has 1 aliphatic rings. The van der Waals surface area contributed by atoms with Crippen LogP contribution in [0.1, 0.15) is 8.55 Å². The molecule has 1 aliphatic heterocycles. The van der Waals surface area contributed by atoms with Crippen LogP contribution >= 0.6 is 0 Å². The van der Waals surface area contributed by atoms with Crippen molar-refractivity contribution in [3.8, 4) is 11.4 Å². The third-order valence-corrected chi connectivity index (χ3v) is 4.75.